The van der Waals surface area contributed by atoms with Crippen molar-refractivity contribution in [2.75, 3.05) is 81.7 Å². The number of amides is 3. The van der Waals surface area contributed by atoms with Crippen LogP contribution in [0.2, 0.25) is 0 Å². The van der Waals surface area contributed by atoms with Gasteiger partial charge in [0.05, 0.1) is 62.8 Å². The Morgan fingerprint density at radius 1 is 0.734 bits per heavy atom. The molecular weight excluding hydrogens is 829 g/mol. The molecular formula is C45H62N8O11. The Bertz CT molecular complexity index is 2140. The Balaban J connectivity index is 1.27. The number of hydrogen-bond donors (Lipinski definition) is 5. The number of nitrogens with zero attached hydrogens (tertiary/aromatic N) is 4. The van der Waals surface area contributed by atoms with Crippen molar-refractivity contribution in [3.05, 3.63) is 60.4 Å². The SMILES string of the molecule is COCCOc1c(-c2ccc(-c3cnc(C4CCCN4C(=O)C(NC(=O)OC)C(C)C)[nH]3)cc2)ccc(-c2cnc(C3CCCN3C(=O)C(COC)NC(O)OC)[nH]2)c1OCCOC. The highest BCUT2D eigenvalue weighted by atomic mass is 16.6. The average Bonchev–Trinajstić information content (AvgIpc) is 4.15. The third kappa shape index (κ3) is 11.2. The predicted octanol–water partition coefficient (Wildman–Crippen LogP) is 4.42. The Hall–Kier alpha value is -5.57. The molecule has 2 aromatic heterocycles. The summed E-state index contributed by atoms with van der Waals surface area (Å²) in [5, 5.41) is 15.5. The molecule has 19 heteroatoms. The Labute approximate surface area is 373 Å². The number of carbonyl (C=O) groups excluding carboxylic acids is 3. The predicted molar refractivity (Wildman–Crippen MR) is 235 cm³/mol. The zero-order valence-electron chi connectivity index (χ0n) is 37.7. The highest BCUT2D eigenvalue weighted by molar-refractivity contribution is 5.87. The summed E-state index contributed by atoms with van der Waals surface area (Å²) in [6.07, 6.45) is 4.53. The zero-order valence-corrected chi connectivity index (χ0v) is 37.7. The number of carbonyl (C=O) groups is 3. The first-order valence-corrected chi connectivity index (χ1v) is 21.6. The molecule has 4 aromatic rings. The number of nitrogens with one attached hydrogen (secondary N) is 4. The quantitative estimate of drug-likeness (QED) is 0.0545. The number of benzene rings is 2. The lowest BCUT2D eigenvalue weighted by Crippen LogP contribution is -2.52. The molecule has 2 aliphatic heterocycles. The van der Waals surface area contributed by atoms with E-state index in [0.29, 0.717) is 67.1 Å². The lowest BCUT2D eigenvalue weighted by atomic mass is 9.98. The van der Waals surface area contributed by atoms with E-state index in [2.05, 4.69) is 20.6 Å². The van der Waals surface area contributed by atoms with Gasteiger partial charge in [-0.3, -0.25) is 14.9 Å². The van der Waals surface area contributed by atoms with Crippen LogP contribution in [0.3, 0.4) is 0 Å². The van der Waals surface area contributed by atoms with Crippen molar-refractivity contribution in [2.45, 2.75) is 70.1 Å². The molecule has 0 radical (unpaired) electrons. The summed E-state index contributed by atoms with van der Waals surface area (Å²) in [6.45, 7) is 6.06. The van der Waals surface area contributed by atoms with Crippen LogP contribution in [0.1, 0.15) is 63.3 Å². The van der Waals surface area contributed by atoms with Crippen molar-refractivity contribution in [3.8, 4) is 45.1 Å². The maximum absolute atomic E-state index is 13.7. The maximum atomic E-state index is 13.7. The van der Waals surface area contributed by atoms with Crippen LogP contribution < -0.4 is 20.1 Å². The number of alkyl carbamates (subject to hydrolysis) is 1. The number of methoxy groups -OCH3 is 5. The van der Waals surface area contributed by atoms with E-state index in [1.54, 1.807) is 36.4 Å². The number of likely N-dealkylation sites (tertiary alicyclic amines) is 2. The molecule has 64 heavy (non-hydrogen) atoms. The number of imidazole rings is 2. The van der Waals surface area contributed by atoms with Crippen molar-refractivity contribution >= 4 is 17.9 Å². The van der Waals surface area contributed by atoms with Crippen molar-refractivity contribution in [2.24, 2.45) is 5.92 Å². The molecule has 2 aromatic carbocycles. The van der Waals surface area contributed by atoms with Crippen LogP contribution >= 0.6 is 0 Å². The maximum Gasteiger partial charge on any atom is 0.407 e. The van der Waals surface area contributed by atoms with Crippen LogP contribution in [0.15, 0.2) is 48.8 Å². The van der Waals surface area contributed by atoms with Gasteiger partial charge >= 0.3 is 6.09 Å². The molecule has 5 atom stereocenters. The van der Waals surface area contributed by atoms with Gasteiger partial charge in [-0.2, -0.15) is 0 Å². The number of ether oxygens (including phenoxy) is 7. The number of aliphatic hydroxyl groups excluding tert-OH is 1. The molecule has 19 nitrogen and oxygen atoms in total. The van der Waals surface area contributed by atoms with Crippen LogP contribution in [0.5, 0.6) is 11.5 Å². The molecule has 0 spiro atoms. The van der Waals surface area contributed by atoms with Crippen LogP contribution in [0, 0.1) is 5.92 Å². The highest BCUT2D eigenvalue weighted by Crippen LogP contribution is 2.46. The van der Waals surface area contributed by atoms with E-state index in [4.69, 9.17) is 43.1 Å². The molecule has 5 N–H and O–H groups in total. The molecule has 348 valence electrons. The topological polar surface area (TPSA) is 224 Å². The molecule has 3 amide bonds. The number of aliphatic hydroxyl groups is 1. The van der Waals surface area contributed by atoms with E-state index in [1.807, 2.05) is 50.2 Å². The minimum Gasteiger partial charge on any atom is -0.487 e. The van der Waals surface area contributed by atoms with Gasteiger partial charge in [0, 0.05) is 52.7 Å². The van der Waals surface area contributed by atoms with Gasteiger partial charge in [-0.1, -0.05) is 38.1 Å². The molecule has 0 bridgehead atoms. The second-order valence-electron chi connectivity index (χ2n) is 15.9. The third-order valence-electron chi connectivity index (χ3n) is 11.5. The van der Waals surface area contributed by atoms with E-state index < -0.39 is 24.6 Å². The lowest BCUT2D eigenvalue weighted by Gasteiger charge is -2.30. The highest BCUT2D eigenvalue weighted by Gasteiger charge is 2.38. The van der Waals surface area contributed by atoms with E-state index in [-0.39, 0.29) is 49.6 Å². The monoisotopic (exact) mass is 890 g/mol. The lowest BCUT2D eigenvalue weighted by molar-refractivity contribution is -0.145. The summed E-state index contributed by atoms with van der Waals surface area (Å²) >= 11 is 0. The van der Waals surface area contributed by atoms with Crippen LogP contribution in [0.25, 0.3) is 33.6 Å². The molecule has 2 aliphatic rings. The smallest absolute Gasteiger partial charge is 0.407 e. The van der Waals surface area contributed by atoms with Crippen molar-refractivity contribution in [3.63, 3.8) is 0 Å². The Morgan fingerprint density at radius 3 is 1.84 bits per heavy atom. The van der Waals surface area contributed by atoms with Crippen molar-refractivity contribution in [1.29, 1.82) is 0 Å². The fourth-order valence-corrected chi connectivity index (χ4v) is 8.17. The minimum atomic E-state index is -1.33. The summed E-state index contributed by atoms with van der Waals surface area (Å²) in [5.74, 6) is 1.73. The normalized spacial score (nSPS) is 17.7. The van der Waals surface area contributed by atoms with E-state index in [1.165, 1.54) is 21.3 Å². The van der Waals surface area contributed by atoms with Crippen LogP contribution in [0.4, 0.5) is 4.79 Å². The molecule has 6 rings (SSSR count). The van der Waals surface area contributed by atoms with Gasteiger partial charge in [0.2, 0.25) is 18.2 Å². The zero-order chi connectivity index (χ0) is 45.8. The molecule has 0 saturated carbocycles. The van der Waals surface area contributed by atoms with Gasteiger partial charge < -0.3 is 63.3 Å². The van der Waals surface area contributed by atoms with Crippen LogP contribution in [-0.4, -0.2) is 153 Å². The molecule has 0 aliphatic carbocycles. The summed E-state index contributed by atoms with van der Waals surface area (Å²) in [7, 11) is 7.33. The number of aromatic nitrogens is 4. The third-order valence-corrected chi connectivity index (χ3v) is 11.5. The first-order valence-electron chi connectivity index (χ1n) is 21.6. The first kappa shape index (κ1) is 47.9. The van der Waals surface area contributed by atoms with Crippen LogP contribution in [-0.2, 0) is 33.3 Å². The second-order valence-corrected chi connectivity index (χ2v) is 15.9. The average molecular weight is 891 g/mol. The number of rotatable bonds is 22. The molecule has 4 heterocycles. The second kappa shape index (κ2) is 22.9. The Morgan fingerprint density at radius 2 is 1.28 bits per heavy atom. The van der Waals surface area contributed by atoms with E-state index in [9.17, 15) is 19.5 Å². The van der Waals surface area contributed by atoms with E-state index >= 15 is 0 Å². The van der Waals surface area contributed by atoms with Gasteiger partial charge in [0.15, 0.2) is 11.5 Å². The van der Waals surface area contributed by atoms with Gasteiger partial charge in [-0.15, -0.1) is 0 Å². The van der Waals surface area contributed by atoms with Gasteiger partial charge in [-0.05, 0) is 54.9 Å². The summed E-state index contributed by atoms with van der Waals surface area (Å²) in [4.78, 5) is 59.4. The Kier molecular flexibility index (Phi) is 17.1. The fraction of sp³-hybridized carbons (Fsp3) is 0.533. The molecule has 2 saturated heterocycles. The van der Waals surface area contributed by atoms with E-state index in [0.717, 1.165) is 41.6 Å². The first-order chi connectivity index (χ1) is 31.0. The number of H-pyrrole nitrogens is 2. The standard InChI is InChI=1S/C45H62N8O11/c1-27(2)37(51-45(57)62-7)43(55)53-19-9-11-36(53)40-46-24-32(48-40)29-14-12-28(13-15-29)30-16-17-31(39(64-23-21-59-4)38(30)63-22-20-58-3)33-25-47-41(49-33)35-10-8-18-52(35)42(54)34(26-60-5)50-44(56)61-6/h12-17,24-25,27,34-37,44,50,56H,8-11,18-23,26H2,1-7H3,(H,46,48)(H,47,49)(H,51,57). The molecule has 5 unspecified atom stereocenters. The number of hydrogen-bond acceptors (Lipinski definition) is 14. The van der Waals surface area contributed by atoms with Gasteiger partial charge in [-0.25, -0.2) is 14.8 Å². The summed E-state index contributed by atoms with van der Waals surface area (Å²) < 4.78 is 38.6. The number of aromatic amines is 2. The van der Waals surface area contributed by atoms with Gasteiger partial charge in [0.1, 0.15) is 36.9 Å². The summed E-state index contributed by atoms with van der Waals surface area (Å²) in [5.41, 5.74) is 4.70. The largest absolute Gasteiger partial charge is 0.487 e. The van der Waals surface area contributed by atoms with Crippen molar-refractivity contribution in [1.82, 2.24) is 40.4 Å². The van der Waals surface area contributed by atoms with Gasteiger partial charge in [0.25, 0.3) is 0 Å². The fourth-order valence-electron chi connectivity index (χ4n) is 8.17. The molecule has 2 fully saturated rings. The minimum absolute atomic E-state index is 0.0423. The summed E-state index contributed by atoms with van der Waals surface area (Å²) in [6, 6.07) is 9.76. The van der Waals surface area contributed by atoms with Crippen molar-refractivity contribution < 1.29 is 52.6 Å².